The number of nitriles is 1. The van der Waals surface area contributed by atoms with E-state index in [0.717, 1.165) is 12.8 Å². The second kappa shape index (κ2) is 4.92. The summed E-state index contributed by atoms with van der Waals surface area (Å²) < 4.78 is 24.9. The number of nitrogens with two attached hydrogens (primary N) is 1. The van der Waals surface area contributed by atoms with E-state index in [1.54, 1.807) is 6.07 Å². The lowest BCUT2D eigenvalue weighted by atomic mass is 9.93. The molecule has 0 spiro atoms. The summed E-state index contributed by atoms with van der Waals surface area (Å²) in [5.74, 6) is -0.173. The van der Waals surface area contributed by atoms with E-state index in [4.69, 9.17) is 11.0 Å². The van der Waals surface area contributed by atoms with E-state index in [1.807, 2.05) is 6.92 Å². The van der Waals surface area contributed by atoms with Gasteiger partial charge in [-0.15, -0.1) is 0 Å². The summed E-state index contributed by atoms with van der Waals surface area (Å²) in [5, 5.41) is 8.47. The second-order valence-corrected chi connectivity index (χ2v) is 5.87. The number of hydrogen-bond acceptors (Lipinski definition) is 4. The van der Waals surface area contributed by atoms with E-state index >= 15 is 0 Å². The normalized spacial score (nSPS) is 28.6. The average Bonchev–Trinajstić information content (AvgIpc) is 2.17. The van der Waals surface area contributed by atoms with Crippen LogP contribution in [0.3, 0.4) is 0 Å². The second-order valence-electron chi connectivity index (χ2n) is 3.95. The van der Waals surface area contributed by atoms with Gasteiger partial charge in [-0.05, 0) is 18.8 Å². The summed E-state index contributed by atoms with van der Waals surface area (Å²) >= 11 is 0. The Bertz CT molecular complexity index is 347. The van der Waals surface area contributed by atoms with Crippen molar-refractivity contribution in [2.45, 2.75) is 25.8 Å². The van der Waals surface area contributed by atoms with Gasteiger partial charge in [0.1, 0.15) is 0 Å². The first kappa shape index (κ1) is 12.4. The van der Waals surface area contributed by atoms with Gasteiger partial charge in [-0.2, -0.15) is 9.57 Å². The third kappa shape index (κ3) is 2.68. The zero-order chi connectivity index (χ0) is 11.5. The quantitative estimate of drug-likeness (QED) is 0.734. The van der Waals surface area contributed by atoms with Crippen molar-refractivity contribution in [3.05, 3.63) is 0 Å². The molecular formula is C9H17N3O2S. The molecule has 0 aromatic heterocycles. The van der Waals surface area contributed by atoms with Crippen molar-refractivity contribution in [3.63, 3.8) is 0 Å². The van der Waals surface area contributed by atoms with Crippen LogP contribution in [-0.2, 0) is 10.0 Å². The fraction of sp³-hybridized carbons (Fsp3) is 0.889. The highest BCUT2D eigenvalue weighted by molar-refractivity contribution is 7.89. The summed E-state index contributed by atoms with van der Waals surface area (Å²) in [5.41, 5.74) is 5.59. The van der Waals surface area contributed by atoms with Crippen LogP contribution < -0.4 is 5.73 Å². The standard InChI is InChI=1S/C9H17N3O2S/c1-8-3-2-5-12(9(8)7-11)15(13,14)6-4-10/h8-9H,2-3,5-7,11H2,1H3. The fourth-order valence-corrected chi connectivity index (χ4v) is 3.51. The molecule has 6 heteroatoms. The van der Waals surface area contributed by atoms with Crippen LogP contribution in [0.15, 0.2) is 0 Å². The van der Waals surface area contributed by atoms with Crippen molar-refractivity contribution < 1.29 is 8.42 Å². The lowest BCUT2D eigenvalue weighted by Crippen LogP contribution is -2.51. The summed E-state index contributed by atoms with van der Waals surface area (Å²) in [6.07, 6.45) is 1.85. The third-order valence-corrected chi connectivity index (χ3v) is 4.57. The minimum atomic E-state index is -3.44. The van der Waals surface area contributed by atoms with Crippen molar-refractivity contribution >= 4 is 10.0 Å². The topological polar surface area (TPSA) is 87.2 Å². The predicted octanol–water partition coefficient (Wildman–Crippen LogP) is -0.101. The fourth-order valence-electron chi connectivity index (χ4n) is 2.07. The maximum Gasteiger partial charge on any atom is 0.227 e. The molecule has 0 amide bonds. The SMILES string of the molecule is CC1CCCN(S(=O)(=O)CC#N)C1CN. The van der Waals surface area contributed by atoms with Gasteiger partial charge in [-0.3, -0.25) is 0 Å². The maximum atomic E-state index is 11.7. The van der Waals surface area contributed by atoms with Crippen molar-refractivity contribution in [2.75, 3.05) is 18.8 Å². The molecule has 1 heterocycles. The minimum absolute atomic E-state index is 0.142. The molecule has 0 bridgehead atoms. The van der Waals surface area contributed by atoms with Crippen molar-refractivity contribution in [1.29, 1.82) is 5.26 Å². The summed E-state index contributed by atoms with van der Waals surface area (Å²) in [4.78, 5) is 0. The summed E-state index contributed by atoms with van der Waals surface area (Å²) in [6.45, 7) is 2.83. The third-order valence-electron chi connectivity index (χ3n) is 2.91. The van der Waals surface area contributed by atoms with Crippen LogP contribution in [0.1, 0.15) is 19.8 Å². The number of sulfonamides is 1. The van der Waals surface area contributed by atoms with E-state index < -0.39 is 15.8 Å². The average molecular weight is 231 g/mol. The molecule has 86 valence electrons. The molecule has 1 aliphatic rings. The molecule has 5 nitrogen and oxygen atoms in total. The van der Waals surface area contributed by atoms with Gasteiger partial charge in [0.2, 0.25) is 10.0 Å². The van der Waals surface area contributed by atoms with Crippen molar-refractivity contribution in [2.24, 2.45) is 11.7 Å². The molecule has 0 aromatic carbocycles. The molecule has 1 saturated heterocycles. The number of piperidine rings is 1. The van der Waals surface area contributed by atoms with Gasteiger partial charge in [0.25, 0.3) is 0 Å². The van der Waals surface area contributed by atoms with Crippen LogP contribution in [-0.4, -0.2) is 37.6 Å². The Balaban J connectivity index is 2.88. The Morgan fingerprint density at radius 3 is 2.80 bits per heavy atom. The Kier molecular flexibility index (Phi) is 4.08. The molecule has 0 radical (unpaired) electrons. The number of hydrogen-bond donors (Lipinski definition) is 1. The van der Waals surface area contributed by atoms with Gasteiger partial charge in [0.15, 0.2) is 5.75 Å². The van der Waals surface area contributed by atoms with Gasteiger partial charge in [-0.1, -0.05) is 6.92 Å². The molecule has 2 atom stereocenters. The lowest BCUT2D eigenvalue weighted by Gasteiger charge is -2.37. The zero-order valence-electron chi connectivity index (χ0n) is 8.89. The maximum absolute atomic E-state index is 11.7. The highest BCUT2D eigenvalue weighted by atomic mass is 32.2. The first-order chi connectivity index (χ1) is 7.03. The molecule has 2 unspecified atom stereocenters. The van der Waals surface area contributed by atoms with Gasteiger partial charge < -0.3 is 5.73 Å². The minimum Gasteiger partial charge on any atom is -0.329 e. The smallest absolute Gasteiger partial charge is 0.227 e. The monoisotopic (exact) mass is 231 g/mol. The first-order valence-electron chi connectivity index (χ1n) is 5.09. The highest BCUT2D eigenvalue weighted by Gasteiger charge is 2.35. The zero-order valence-corrected chi connectivity index (χ0v) is 9.70. The van der Waals surface area contributed by atoms with Crippen molar-refractivity contribution in [1.82, 2.24) is 4.31 Å². The molecule has 1 fully saturated rings. The van der Waals surface area contributed by atoms with Crippen LogP contribution in [0.25, 0.3) is 0 Å². The Labute approximate surface area is 90.9 Å². The number of nitrogens with zero attached hydrogens (tertiary/aromatic N) is 2. The Morgan fingerprint density at radius 2 is 2.27 bits per heavy atom. The Hall–Kier alpha value is -0.640. The van der Waals surface area contributed by atoms with E-state index in [-0.39, 0.29) is 12.0 Å². The lowest BCUT2D eigenvalue weighted by molar-refractivity contribution is 0.193. The largest absolute Gasteiger partial charge is 0.329 e. The molecule has 0 saturated carbocycles. The van der Waals surface area contributed by atoms with E-state index in [9.17, 15) is 8.42 Å². The van der Waals surface area contributed by atoms with Crippen LogP contribution in [0.5, 0.6) is 0 Å². The van der Waals surface area contributed by atoms with Gasteiger partial charge in [0, 0.05) is 19.1 Å². The highest BCUT2D eigenvalue weighted by Crippen LogP contribution is 2.25. The molecule has 15 heavy (non-hydrogen) atoms. The Morgan fingerprint density at radius 1 is 1.60 bits per heavy atom. The molecule has 1 rings (SSSR count). The molecular weight excluding hydrogens is 214 g/mol. The van der Waals surface area contributed by atoms with Crippen LogP contribution in [0.4, 0.5) is 0 Å². The predicted molar refractivity (Wildman–Crippen MR) is 57.3 cm³/mol. The summed E-state index contributed by atoms with van der Waals surface area (Å²) in [7, 11) is -3.44. The molecule has 1 aliphatic heterocycles. The van der Waals surface area contributed by atoms with Crippen LogP contribution >= 0.6 is 0 Å². The molecule has 0 aromatic rings. The number of rotatable bonds is 3. The van der Waals surface area contributed by atoms with Crippen LogP contribution in [0, 0.1) is 17.2 Å². The van der Waals surface area contributed by atoms with Crippen LogP contribution in [0.2, 0.25) is 0 Å². The van der Waals surface area contributed by atoms with E-state index in [0.29, 0.717) is 13.1 Å². The molecule has 2 N–H and O–H groups in total. The molecule has 0 aliphatic carbocycles. The van der Waals surface area contributed by atoms with Crippen molar-refractivity contribution in [3.8, 4) is 6.07 Å². The van der Waals surface area contributed by atoms with Gasteiger partial charge >= 0.3 is 0 Å². The van der Waals surface area contributed by atoms with E-state index in [2.05, 4.69) is 0 Å². The summed E-state index contributed by atoms with van der Waals surface area (Å²) in [6, 6.07) is 1.55. The van der Waals surface area contributed by atoms with Gasteiger partial charge in [0.05, 0.1) is 6.07 Å². The van der Waals surface area contributed by atoms with E-state index in [1.165, 1.54) is 4.31 Å². The first-order valence-corrected chi connectivity index (χ1v) is 6.70. The van der Waals surface area contributed by atoms with Gasteiger partial charge in [-0.25, -0.2) is 8.42 Å².